The van der Waals surface area contributed by atoms with Gasteiger partial charge >= 0.3 is 0 Å². The molecule has 2 aliphatic heterocycles. The SMILES string of the molecule is Clc1nc2nc(N3CCNCC3)nc(N3CCCC3)c2[nH]1. The summed E-state index contributed by atoms with van der Waals surface area (Å²) in [6.45, 7) is 5.82. The number of nitrogens with one attached hydrogen (secondary N) is 2. The summed E-state index contributed by atoms with van der Waals surface area (Å²) in [5.74, 6) is 1.69. The van der Waals surface area contributed by atoms with Gasteiger partial charge in [0.15, 0.2) is 11.5 Å². The maximum Gasteiger partial charge on any atom is 0.229 e. The standard InChI is InChI=1S/C13H18ClN7/c14-12-16-9-10(17-12)18-13(21-7-3-15-4-8-21)19-11(9)20-5-1-2-6-20/h15H,1-8H2,(H,16,17,18,19). The fourth-order valence-corrected chi connectivity index (χ4v) is 3.18. The Morgan fingerprint density at radius 2 is 1.67 bits per heavy atom. The highest BCUT2D eigenvalue weighted by Gasteiger charge is 2.22. The maximum absolute atomic E-state index is 6.02. The van der Waals surface area contributed by atoms with Gasteiger partial charge in [-0.1, -0.05) is 0 Å². The van der Waals surface area contributed by atoms with E-state index in [0.29, 0.717) is 10.9 Å². The molecule has 0 atom stereocenters. The number of rotatable bonds is 2. The molecule has 21 heavy (non-hydrogen) atoms. The van der Waals surface area contributed by atoms with Gasteiger partial charge in [-0.25, -0.2) is 0 Å². The zero-order valence-corrected chi connectivity index (χ0v) is 12.5. The second kappa shape index (κ2) is 5.31. The van der Waals surface area contributed by atoms with Crippen molar-refractivity contribution in [1.82, 2.24) is 25.3 Å². The van der Waals surface area contributed by atoms with Crippen LogP contribution in [0.25, 0.3) is 11.2 Å². The topological polar surface area (TPSA) is 73.0 Å². The van der Waals surface area contributed by atoms with Crippen LogP contribution in [0.1, 0.15) is 12.8 Å². The van der Waals surface area contributed by atoms with Gasteiger partial charge in [-0.2, -0.15) is 15.0 Å². The fraction of sp³-hybridized carbons (Fsp3) is 0.615. The summed E-state index contributed by atoms with van der Waals surface area (Å²) in [5.41, 5.74) is 1.51. The molecule has 2 saturated heterocycles. The number of imidazole rings is 1. The molecule has 112 valence electrons. The number of aromatic amines is 1. The first kappa shape index (κ1) is 13.1. The van der Waals surface area contributed by atoms with Crippen LogP contribution in [-0.2, 0) is 0 Å². The van der Waals surface area contributed by atoms with Crippen LogP contribution >= 0.6 is 11.6 Å². The largest absolute Gasteiger partial charge is 0.355 e. The van der Waals surface area contributed by atoms with E-state index in [4.69, 9.17) is 16.6 Å². The monoisotopic (exact) mass is 307 g/mol. The predicted octanol–water partition coefficient (Wildman–Crippen LogP) is 1.02. The number of nitrogens with zero attached hydrogens (tertiary/aromatic N) is 5. The van der Waals surface area contributed by atoms with Gasteiger partial charge < -0.3 is 20.1 Å². The van der Waals surface area contributed by atoms with E-state index in [9.17, 15) is 0 Å². The first-order chi connectivity index (χ1) is 10.3. The molecule has 2 aromatic heterocycles. The highest BCUT2D eigenvalue weighted by molar-refractivity contribution is 6.29. The van der Waals surface area contributed by atoms with Crippen molar-refractivity contribution in [3.05, 3.63) is 5.28 Å². The molecule has 0 radical (unpaired) electrons. The zero-order chi connectivity index (χ0) is 14.2. The lowest BCUT2D eigenvalue weighted by Gasteiger charge is -2.28. The van der Waals surface area contributed by atoms with E-state index in [1.807, 2.05) is 0 Å². The maximum atomic E-state index is 6.02. The number of halogens is 1. The lowest BCUT2D eigenvalue weighted by atomic mass is 10.4. The van der Waals surface area contributed by atoms with Gasteiger partial charge in [0.1, 0.15) is 5.52 Å². The molecule has 0 spiro atoms. The molecule has 2 aromatic rings. The lowest BCUT2D eigenvalue weighted by molar-refractivity contribution is 0.580. The van der Waals surface area contributed by atoms with Gasteiger partial charge in [0.2, 0.25) is 11.2 Å². The first-order valence-electron chi connectivity index (χ1n) is 7.45. The summed E-state index contributed by atoms with van der Waals surface area (Å²) in [6, 6.07) is 0. The Labute approximate surface area is 127 Å². The molecule has 0 saturated carbocycles. The van der Waals surface area contributed by atoms with Gasteiger partial charge in [-0.3, -0.25) is 0 Å². The van der Waals surface area contributed by atoms with Crippen molar-refractivity contribution in [2.75, 3.05) is 49.1 Å². The molecule has 0 amide bonds. The van der Waals surface area contributed by atoms with E-state index < -0.39 is 0 Å². The smallest absolute Gasteiger partial charge is 0.229 e. The van der Waals surface area contributed by atoms with Gasteiger partial charge in [-0.05, 0) is 24.4 Å². The van der Waals surface area contributed by atoms with Crippen molar-refractivity contribution in [3.63, 3.8) is 0 Å². The van der Waals surface area contributed by atoms with Crippen molar-refractivity contribution in [1.29, 1.82) is 0 Å². The number of fused-ring (bicyclic) bond motifs is 1. The number of hydrogen-bond acceptors (Lipinski definition) is 6. The quantitative estimate of drug-likeness (QED) is 0.807. The molecule has 4 heterocycles. The summed E-state index contributed by atoms with van der Waals surface area (Å²) >= 11 is 6.02. The molecular formula is C13H18ClN7. The number of anilines is 2. The summed E-state index contributed by atoms with van der Waals surface area (Å²) in [5, 5.41) is 3.72. The van der Waals surface area contributed by atoms with Crippen LogP contribution in [0.4, 0.5) is 11.8 Å². The highest BCUT2D eigenvalue weighted by Crippen LogP contribution is 2.28. The minimum Gasteiger partial charge on any atom is -0.355 e. The Hall–Kier alpha value is -1.60. The van der Waals surface area contributed by atoms with E-state index in [-0.39, 0.29) is 0 Å². The Bertz CT molecular complexity index is 643. The number of H-pyrrole nitrogens is 1. The summed E-state index contributed by atoms with van der Waals surface area (Å²) in [7, 11) is 0. The molecule has 2 aliphatic rings. The zero-order valence-electron chi connectivity index (χ0n) is 11.8. The number of hydrogen-bond donors (Lipinski definition) is 2. The average Bonchev–Trinajstić information content (AvgIpc) is 3.15. The van der Waals surface area contributed by atoms with Crippen molar-refractivity contribution in [3.8, 4) is 0 Å². The molecule has 8 heteroatoms. The lowest BCUT2D eigenvalue weighted by Crippen LogP contribution is -2.44. The summed E-state index contributed by atoms with van der Waals surface area (Å²) in [6.07, 6.45) is 2.41. The van der Waals surface area contributed by atoms with Crippen molar-refractivity contribution in [2.45, 2.75) is 12.8 Å². The van der Waals surface area contributed by atoms with Crippen LogP contribution < -0.4 is 15.1 Å². The van der Waals surface area contributed by atoms with Gasteiger partial charge in [-0.15, -0.1) is 0 Å². The highest BCUT2D eigenvalue weighted by atomic mass is 35.5. The summed E-state index contributed by atoms with van der Waals surface area (Å²) < 4.78 is 0. The Kier molecular flexibility index (Phi) is 3.31. The average molecular weight is 308 g/mol. The normalized spacial score (nSPS) is 19.7. The first-order valence-corrected chi connectivity index (χ1v) is 7.83. The third-order valence-electron chi connectivity index (χ3n) is 4.10. The molecule has 4 rings (SSSR count). The second-order valence-electron chi connectivity index (χ2n) is 5.50. The second-order valence-corrected chi connectivity index (χ2v) is 5.86. The van der Waals surface area contributed by atoms with E-state index in [0.717, 1.165) is 56.6 Å². The number of piperazine rings is 1. The molecule has 0 bridgehead atoms. The Balaban J connectivity index is 1.80. The molecule has 0 aliphatic carbocycles. The predicted molar refractivity (Wildman–Crippen MR) is 83.2 cm³/mol. The molecule has 2 N–H and O–H groups in total. The van der Waals surface area contributed by atoms with Gasteiger partial charge in [0.25, 0.3) is 0 Å². The molecule has 0 unspecified atom stereocenters. The van der Waals surface area contributed by atoms with Gasteiger partial charge in [0, 0.05) is 39.3 Å². The third-order valence-corrected chi connectivity index (χ3v) is 4.28. The van der Waals surface area contributed by atoms with E-state index in [1.54, 1.807) is 0 Å². The molecule has 2 fully saturated rings. The Morgan fingerprint density at radius 1 is 0.905 bits per heavy atom. The summed E-state index contributed by atoms with van der Waals surface area (Å²) in [4.78, 5) is 21.3. The number of aromatic nitrogens is 4. The van der Waals surface area contributed by atoms with Crippen molar-refractivity contribution >= 4 is 34.5 Å². The van der Waals surface area contributed by atoms with Crippen molar-refractivity contribution in [2.24, 2.45) is 0 Å². The van der Waals surface area contributed by atoms with Crippen LogP contribution in [0.2, 0.25) is 5.28 Å². The Morgan fingerprint density at radius 3 is 2.43 bits per heavy atom. The third kappa shape index (κ3) is 2.40. The van der Waals surface area contributed by atoms with E-state index >= 15 is 0 Å². The van der Waals surface area contributed by atoms with Gasteiger partial charge in [0.05, 0.1) is 0 Å². The van der Waals surface area contributed by atoms with E-state index in [1.165, 1.54) is 12.8 Å². The molecular weight excluding hydrogens is 290 g/mol. The van der Waals surface area contributed by atoms with E-state index in [2.05, 4.69) is 30.1 Å². The van der Waals surface area contributed by atoms with Crippen molar-refractivity contribution < 1.29 is 0 Å². The molecule has 7 nitrogen and oxygen atoms in total. The fourth-order valence-electron chi connectivity index (χ4n) is 3.01. The molecule has 0 aromatic carbocycles. The van der Waals surface area contributed by atoms with Crippen LogP contribution in [0.3, 0.4) is 0 Å². The van der Waals surface area contributed by atoms with Crippen LogP contribution in [0, 0.1) is 0 Å². The minimum atomic E-state index is 0.372. The van der Waals surface area contributed by atoms with Crippen LogP contribution in [-0.4, -0.2) is 59.2 Å². The van der Waals surface area contributed by atoms with Crippen LogP contribution in [0.5, 0.6) is 0 Å². The van der Waals surface area contributed by atoms with Crippen LogP contribution in [0.15, 0.2) is 0 Å². The minimum absolute atomic E-state index is 0.372.